The summed E-state index contributed by atoms with van der Waals surface area (Å²) in [6, 6.07) is 2.10. The molecule has 1 aromatic rings. The molecule has 0 amide bonds. The molecular weight excluding hydrogens is 234 g/mol. The largest absolute Gasteiger partial charge is 0.294 e. The summed E-state index contributed by atoms with van der Waals surface area (Å²) in [4.78, 5) is 11.8. The van der Waals surface area contributed by atoms with Crippen molar-refractivity contribution in [2.24, 2.45) is 0 Å². The van der Waals surface area contributed by atoms with Gasteiger partial charge in [-0.3, -0.25) is 4.79 Å². The first-order valence-electron chi connectivity index (χ1n) is 6.55. The Hall–Kier alpha value is -1.25. The van der Waals surface area contributed by atoms with Crippen molar-refractivity contribution < 1.29 is 13.6 Å². The summed E-state index contributed by atoms with van der Waals surface area (Å²) in [7, 11) is 0. The average Bonchev–Trinajstić information content (AvgIpc) is 2.33. The van der Waals surface area contributed by atoms with E-state index in [9.17, 15) is 13.6 Å². The number of rotatable bonds is 7. The molecule has 0 N–H and O–H groups in total. The number of halogens is 2. The molecule has 3 heteroatoms. The number of carbonyl (C=O) groups excluding carboxylic acids is 1. The van der Waals surface area contributed by atoms with Crippen molar-refractivity contribution in [3.05, 3.63) is 34.9 Å². The normalized spacial score (nSPS) is 10.7. The second-order valence-corrected chi connectivity index (χ2v) is 4.67. The first-order valence-corrected chi connectivity index (χ1v) is 6.55. The molecule has 0 aliphatic rings. The van der Waals surface area contributed by atoms with Gasteiger partial charge in [0.05, 0.1) is 5.56 Å². The number of hydrogen-bond acceptors (Lipinski definition) is 1. The molecule has 0 unspecified atom stereocenters. The Bertz CT molecular complexity index is 413. The Balaban J connectivity index is 2.54. The zero-order chi connectivity index (χ0) is 13.5. The van der Waals surface area contributed by atoms with Gasteiger partial charge >= 0.3 is 0 Å². The summed E-state index contributed by atoms with van der Waals surface area (Å²) >= 11 is 0. The van der Waals surface area contributed by atoms with Crippen molar-refractivity contribution in [1.29, 1.82) is 0 Å². The van der Waals surface area contributed by atoms with Crippen LogP contribution < -0.4 is 0 Å². The van der Waals surface area contributed by atoms with E-state index in [1.807, 2.05) is 0 Å². The molecule has 0 bridgehead atoms. The Morgan fingerprint density at radius 3 is 2.39 bits per heavy atom. The number of benzene rings is 1. The molecule has 0 atom stereocenters. The second-order valence-electron chi connectivity index (χ2n) is 4.67. The van der Waals surface area contributed by atoms with Crippen LogP contribution in [0.2, 0.25) is 0 Å². The summed E-state index contributed by atoms with van der Waals surface area (Å²) in [6.45, 7) is 3.60. The molecule has 1 aromatic carbocycles. The van der Waals surface area contributed by atoms with Gasteiger partial charge < -0.3 is 0 Å². The van der Waals surface area contributed by atoms with Gasteiger partial charge in [0, 0.05) is 6.42 Å². The van der Waals surface area contributed by atoms with Crippen LogP contribution in [0.15, 0.2) is 12.1 Å². The SMILES string of the molecule is CCCCCCCC(=O)c1cc(F)c(C)cc1F. The predicted octanol–water partition coefficient (Wildman–Crippen LogP) is 4.82. The van der Waals surface area contributed by atoms with Gasteiger partial charge in [0.15, 0.2) is 5.78 Å². The van der Waals surface area contributed by atoms with E-state index in [1.165, 1.54) is 6.92 Å². The summed E-state index contributed by atoms with van der Waals surface area (Å²) < 4.78 is 26.8. The lowest BCUT2D eigenvalue weighted by molar-refractivity contribution is 0.0974. The fourth-order valence-corrected chi connectivity index (χ4v) is 1.88. The molecule has 0 aliphatic carbocycles. The van der Waals surface area contributed by atoms with Gasteiger partial charge in [-0.1, -0.05) is 32.6 Å². The lowest BCUT2D eigenvalue weighted by Gasteiger charge is -2.05. The van der Waals surface area contributed by atoms with Crippen LogP contribution in [0.1, 0.15) is 61.4 Å². The monoisotopic (exact) mass is 254 g/mol. The lowest BCUT2D eigenvalue weighted by atomic mass is 10.0. The van der Waals surface area contributed by atoms with Gasteiger partial charge in [0.25, 0.3) is 0 Å². The second kappa shape index (κ2) is 7.24. The third-order valence-electron chi connectivity index (χ3n) is 3.06. The molecule has 0 heterocycles. The molecule has 0 fully saturated rings. The molecular formula is C15H20F2O. The maximum atomic E-state index is 13.5. The average molecular weight is 254 g/mol. The smallest absolute Gasteiger partial charge is 0.165 e. The third-order valence-corrected chi connectivity index (χ3v) is 3.06. The molecule has 0 saturated carbocycles. The van der Waals surface area contributed by atoms with Crippen LogP contribution in [-0.4, -0.2) is 5.78 Å². The number of unbranched alkanes of at least 4 members (excludes halogenated alkanes) is 4. The standard InChI is InChI=1S/C15H20F2O/c1-3-4-5-6-7-8-15(18)12-10-13(16)11(2)9-14(12)17/h9-10H,3-8H2,1-2H3. The maximum Gasteiger partial charge on any atom is 0.165 e. The van der Waals surface area contributed by atoms with Crippen molar-refractivity contribution in [3.8, 4) is 0 Å². The van der Waals surface area contributed by atoms with E-state index in [0.717, 1.165) is 44.2 Å². The van der Waals surface area contributed by atoms with E-state index in [2.05, 4.69) is 6.92 Å². The number of hydrogen-bond donors (Lipinski definition) is 0. The van der Waals surface area contributed by atoms with E-state index < -0.39 is 11.6 Å². The maximum absolute atomic E-state index is 13.5. The van der Waals surface area contributed by atoms with Crippen molar-refractivity contribution in [1.82, 2.24) is 0 Å². The Kier molecular flexibility index (Phi) is 5.96. The zero-order valence-corrected chi connectivity index (χ0v) is 11.1. The molecule has 0 aromatic heterocycles. The summed E-state index contributed by atoms with van der Waals surface area (Å²) in [5.41, 5.74) is 0.112. The first-order chi connectivity index (χ1) is 8.56. The molecule has 0 aliphatic heterocycles. The van der Waals surface area contributed by atoms with Gasteiger partial charge in [0.2, 0.25) is 0 Å². The van der Waals surface area contributed by atoms with E-state index in [4.69, 9.17) is 0 Å². The number of Topliss-reactive ketones (excluding diaryl/α,β-unsaturated/α-hetero) is 1. The first kappa shape index (κ1) is 14.8. The van der Waals surface area contributed by atoms with Crippen molar-refractivity contribution in [2.45, 2.75) is 52.4 Å². The minimum atomic E-state index is -0.618. The van der Waals surface area contributed by atoms with Crippen LogP contribution in [0, 0.1) is 18.6 Å². The minimum Gasteiger partial charge on any atom is -0.294 e. The van der Waals surface area contributed by atoms with Crippen molar-refractivity contribution >= 4 is 5.78 Å². The van der Waals surface area contributed by atoms with Crippen molar-refractivity contribution in [2.75, 3.05) is 0 Å². The quantitative estimate of drug-likeness (QED) is 0.503. The van der Waals surface area contributed by atoms with Gasteiger partial charge in [-0.15, -0.1) is 0 Å². The van der Waals surface area contributed by atoms with Crippen LogP contribution in [0.25, 0.3) is 0 Å². The highest BCUT2D eigenvalue weighted by atomic mass is 19.1. The minimum absolute atomic E-state index is 0.117. The third kappa shape index (κ3) is 4.21. The summed E-state index contributed by atoms with van der Waals surface area (Å²) in [5.74, 6) is -1.44. The highest BCUT2D eigenvalue weighted by Crippen LogP contribution is 2.17. The van der Waals surface area contributed by atoms with Crippen molar-refractivity contribution in [3.63, 3.8) is 0 Å². The summed E-state index contributed by atoms with van der Waals surface area (Å²) in [6.07, 6.45) is 5.40. The van der Waals surface area contributed by atoms with Gasteiger partial charge in [0.1, 0.15) is 11.6 Å². The molecule has 0 saturated heterocycles. The Morgan fingerprint density at radius 1 is 1.06 bits per heavy atom. The van der Waals surface area contributed by atoms with Gasteiger partial charge in [-0.25, -0.2) is 8.78 Å². The number of aryl methyl sites for hydroxylation is 1. The lowest BCUT2D eigenvalue weighted by Crippen LogP contribution is -2.04. The summed E-state index contributed by atoms with van der Waals surface area (Å²) in [5, 5.41) is 0. The molecule has 1 nitrogen and oxygen atoms in total. The number of carbonyl (C=O) groups is 1. The molecule has 1 rings (SSSR count). The van der Waals surface area contributed by atoms with Gasteiger partial charge in [-0.2, -0.15) is 0 Å². The molecule has 0 spiro atoms. The van der Waals surface area contributed by atoms with Gasteiger partial charge in [-0.05, 0) is 31.0 Å². The van der Waals surface area contributed by atoms with Crippen LogP contribution in [-0.2, 0) is 0 Å². The Morgan fingerprint density at radius 2 is 1.72 bits per heavy atom. The molecule has 100 valence electrons. The molecule has 18 heavy (non-hydrogen) atoms. The van der Waals surface area contributed by atoms with E-state index in [0.29, 0.717) is 6.42 Å². The van der Waals surface area contributed by atoms with Crippen LogP contribution >= 0.6 is 0 Å². The highest BCUT2D eigenvalue weighted by Gasteiger charge is 2.14. The van der Waals surface area contributed by atoms with E-state index in [-0.39, 0.29) is 16.9 Å². The zero-order valence-electron chi connectivity index (χ0n) is 11.1. The Labute approximate surface area is 107 Å². The topological polar surface area (TPSA) is 17.1 Å². The predicted molar refractivity (Wildman–Crippen MR) is 68.8 cm³/mol. The fraction of sp³-hybridized carbons (Fsp3) is 0.533. The van der Waals surface area contributed by atoms with E-state index in [1.54, 1.807) is 0 Å². The van der Waals surface area contributed by atoms with Crippen LogP contribution in [0.3, 0.4) is 0 Å². The fourth-order valence-electron chi connectivity index (χ4n) is 1.88. The highest BCUT2D eigenvalue weighted by molar-refractivity contribution is 5.96. The van der Waals surface area contributed by atoms with E-state index >= 15 is 0 Å². The molecule has 0 radical (unpaired) electrons. The number of ketones is 1. The van der Waals surface area contributed by atoms with Crippen LogP contribution in [0.5, 0.6) is 0 Å². The van der Waals surface area contributed by atoms with Crippen LogP contribution in [0.4, 0.5) is 8.78 Å².